The minimum absolute atomic E-state index is 0.549. The molecule has 0 saturated carbocycles. The van der Waals surface area contributed by atoms with Crippen molar-refractivity contribution in [2.75, 3.05) is 13.1 Å². The first-order chi connectivity index (χ1) is 9.88. The van der Waals surface area contributed by atoms with Crippen molar-refractivity contribution in [3.63, 3.8) is 0 Å². The lowest BCUT2D eigenvalue weighted by Crippen LogP contribution is -2.38. The summed E-state index contributed by atoms with van der Waals surface area (Å²) in [6.45, 7) is 4.30. The Labute approximate surface area is 119 Å². The van der Waals surface area contributed by atoms with Gasteiger partial charge in [-0.15, -0.1) is 0 Å². The average molecular weight is 271 g/mol. The molecule has 0 spiro atoms. The van der Waals surface area contributed by atoms with Crippen LogP contribution in [0.5, 0.6) is 0 Å². The highest BCUT2D eigenvalue weighted by molar-refractivity contribution is 5.79. The number of aliphatic imine (C=N–C) groups is 1. The third-order valence-electron chi connectivity index (χ3n) is 2.87. The number of nitrogens with one attached hydrogen (secondary N) is 2. The van der Waals surface area contributed by atoms with E-state index in [4.69, 9.17) is 4.42 Å². The van der Waals surface area contributed by atoms with Crippen LogP contribution in [0.4, 0.5) is 0 Å². The molecule has 0 radical (unpaired) electrons. The first kappa shape index (κ1) is 14.2. The number of benzene rings is 1. The average Bonchev–Trinajstić information content (AvgIpc) is 2.99. The lowest BCUT2D eigenvalue weighted by atomic mass is 10.1. The Bertz CT molecular complexity index is 506. The molecule has 1 aromatic heterocycles. The summed E-state index contributed by atoms with van der Waals surface area (Å²) in [5.41, 5.74) is 1.32. The summed E-state index contributed by atoms with van der Waals surface area (Å²) in [4.78, 5) is 4.49. The van der Waals surface area contributed by atoms with Crippen molar-refractivity contribution in [3.8, 4) is 0 Å². The zero-order chi connectivity index (χ0) is 14.0. The van der Waals surface area contributed by atoms with Gasteiger partial charge < -0.3 is 15.1 Å². The molecule has 2 aromatic rings. The van der Waals surface area contributed by atoms with E-state index in [2.05, 4.69) is 46.8 Å². The second kappa shape index (κ2) is 8.04. The van der Waals surface area contributed by atoms with Gasteiger partial charge in [-0.1, -0.05) is 30.3 Å². The van der Waals surface area contributed by atoms with E-state index in [0.717, 1.165) is 31.2 Å². The maximum atomic E-state index is 5.27. The predicted octanol–water partition coefficient (Wildman–Crippen LogP) is 2.58. The lowest BCUT2D eigenvalue weighted by molar-refractivity contribution is 0.512. The van der Waals surface area contributed by atoms with Gasteiger partial charge in [0.1, 0.15) is 12.3 Å². The Kier molecular flexibility index (Phi) is 5.71. The van der Waals surface area contributed by atoms with Gasteiger partial charge in [-0.2, -0.15) is 0 Å². The molecule has 106 valence electrons. The van der Waals surface area contributed by atoms with Crippen molar-refractivity contribution in [1.29, 1.82) is 0 Å². The molecule has 0 saturated heterocycles. The molecule has 2 N–H and O–H groups in total. The third kappa shape index (κ3) is 4.80. The number of nitrogens with zero attached hydrogens (tertiary/aromatic N) is 1. The van der Waals surface area contributed by atoms with Crippen LogP contribution in [0.1, 0.15) is 18.2 Å². The van der Waals surface area contributed by atoms with Crippen LogP contribution in [-0.2, 0) is 13.0 Å². The highest BCUT2D eigenvalue weighted by atomic mass is 16.3. The molecule has 0 bridgehead atoms. The van der Waals surface area contributed by atoms with E-state index in [9.17, 15) is 0 Å². The summed E-state index contributed by atoms with van der Waals surface area (Å²) in [7, 11) is 0. The van der Waals surface area contributed by atoms with Gasteiger partial charge in [-0.05, 0) is 31.0 Å². The molecular weight excluding hydrogens is 250 g/mol. The van der Waals surface area contributed by atoms with Crippen molar-refractivity contribution in [2.24, 2.45) is 4.99 Å². The highest BCUT2D eigenvalue weighted by Crippen LogP contribution is 2.01. The van der Waals surface area contributed by atoms with Crippen molar-refractivity contribution in [3.05, 3.63) is 60.1 Å². The number of hydrogen-bond acceptors (Lipinski definition) is 2. The minimum Gasteiger partial charge on any atom is -0.467 e. The van der Waals surface area contributed by atoms with E-state index >= 15 is 0 Å². The fourth-order valence-corrected chi connectivity index (χ4v) is 1.87. The fraction of sp³-hybridized carbons (Fsp3) is 0.312. The van der Waals surface area contributed by atoms with Crippen LogP contribution < -0.4 is 10.6 Å². The molecule has 1 heterocycles. The second-order valence-corrected chi connectivity index (χ2v) is 4.44. The summed E-state index contributed by atoms with van der Waals surface area (Å²) >= 11 is 0. The third-order valence-corrected chi connectivity index (χ3v) is 2.87. The van der Waals surface area contributed by atoms with Gasteiger partial charge in [0.15, 0.2) is 5.96 Å². The van der Waals surface area contributed by atoms with Gasteiger partial charge in [-0.25, -0.2) is 4.99 Å². The number of furan rings is 1. The first-order valence-electron chi connectivity index (χ1n) is 6.97. The van der Waals surface area contributed by atoms with E-state index in [-0.39, 0.29) is 0 Å². The molecule has 0 aliphatic carbocycles. The van der Waals surface area contributed by atoms with Crippen molar-refractivity contribution >= 4 is 5.96 Å². The van der Waals surface area contributed by atoms with Crippen LogP contribution in [0, 0.1) is 0 Å². The molecule has 0 atom stereocenters. The standard InChI is InChI=1S/C16H21N3O/c1-2-17-16(19-13-15-9-6-12-20-15)18-11-10-14-7-4-3-5-8-14/h3-9,12H,2,10-11,13H2,1H3,(H2,17,18,19). The minimum atomic E-state index is 0.549. The Morgan fingerprint density at radius 2 is 1.95 bits per heavy atom. The van der Waals surface area contributed by atoms with E-state index < -0.39 is 0 Å². The number of hydrogen-bond donors (Lipinski definition) is 2. The SMILES string of the molecule is CCNC(=NCc1ccco1)NCCc1ccccc1. The maximum absolute atomic E-state index is 5.27. The fourth-order valence-electron chi connectivity index (χ4n) is 1.87. The van der Waals surface area contributed by atoms with Crippen LogP contribution in [0.15, 0.2) is 58.1 Å². The molecule has 20 heavy (non-hydrogen) atoms. The largest absolute Gasteiger partial charge is 0.467 e. The zero-order valence-corrected chi connectivity index (χ0v) is 11.8. The van der Waals surface area contributed by atoms with E-state index in [1.54, 1.807) is 6.26 Å². The molecule has 4 nitrogen and oxygen atoms in total. The monoisotopic (exact) mass is 271 g/mol. The number of guanidine groups is 1. The molecule has 2 rings (SSSR count). The van der Waals surface area contributed by atoms with Crippen LogP contribution in [0.25, 0.3) is 0 Å². The van der Waals surface area contributed by atoms with Gasteiger partial charge in [0, 0.05) is 13.1 Å². The molecule has 0 aliphatic rings. The van der Waals surface area contributed by atoms with E-state index in [1.807, 2.05) is 18.2 Å². The van der Waals surface area contributed by atoms with E-state index in [0.29, 0.717) is 6.54 Å². The molecule has 0 amide bonds. The summed E-state index contributed by atoms with van der Waals surface area (Å²) in [5, 5.41) is 6.56. The molecule has 0 aliphatic heterocycles. The van der Waals surface area contributed by atoms with E-state index in [1.165, 1.54) is 5.56 Å². The Morgan fingerprint density at radius 1 is 1.10 bits per heavy atom. The second-order valence-electron chi connectivity index (χ2n) is 4.44. The van der Waals surface area contributed by atoms with Crippen LogP contribution in [-0.4, -0.2) is 19.0 Å². The maximum Gasteiger partial charge on any atom is 0.191 e. The quantitative estimate of drug-likeness (QED) is 0.627. The van der Waals surface area contributed by atoms with Gasteiger partial charge in [-0.3, -0.25) is 0 Å². The molecule has 4 heteroatoms. The van der Waals surface area contributed by atoms with Gasteiger partial charge in [0.25, 0.3) is 0 Å². The summed E-state index contributed by atoms with van der Waals surface area (Å²) < 4.78 is 5.27. The van der Waals surface area contributed by atoms with Crippen LogP contribution in [0.3, 0.4) is 0 Å². The molecular formula is C16H21N3O. The normalized spacial score (nSPS) is 11.3. The lowest BCUT2D eigenvalue weighted by Gasteiger charge is -2.10. The highest BCUT2D eigenvalue weighted by Gasteiger charge is 1.99. The molecule has 0 fully saturated rings. The predicted molar refractivity (Wildman–Crippen MR) is 81.7 cm³/mol. The summed E-state index contributed by atoms with van der Waals surface area (Å²) in [5.74, 6) is 1.69. The topological polar surface area (TPSA) is 49.6 Å². The van der Waals surface area contributed by atoms with Crippen LogP contribution in [0.2, 0.25) is 0 Å². The van der Waals surface area contributed by atoms with Gasteiger partial charge >= 0.3 is 0 Å². The zero-order valence-electron chi connectivity index (χ0n) is 11.8. The van der Waals surface area contributed by atoms with Crippen LogP contribution >= 0.6 is 0 Å². The molecule has 1 aromatic carbocycles. The Balaban J connectivity index is 1.81. The van der Waals surface area contributed by atoms with Crippen molar-refractivity contribution < 1.29 is 4.42 Å². The molecule has 0 unspecified atom stereocenters. The number of rotatable bonds is 6. The Hall–Kier alpha value is -2.23. The summed E-state index contributed by atoms with van der Waals surface area (Å²) in [6.07, 6.45) is 2.65. The van der Waals surface area contributed by atoms with Crippen molar-refractivity contribution in [2.45, 2.75) is 19.9 Å². The Morgan fingerprint density at radius 3 is 2.65 bits per heavy atom. The first-order valence-corrected chi connectivity index (χ1v) is 6.97. The van der Waals surface area contributed by atoms with Crippen molar-refractivity contribution in [1.82, 2.24) is 10.6 Å². The van der Waals surface area contributed by atoms with Gasteiger partial charge in [0.2, 0.25) is 0 Å². The summed E-state index contributed by atoms with van der Waals surface area (Å²) in [6, 6.07) is 14.2. The smallest absolute Gasteiger partial charge is 0.191 e. The van der Waals surface area contributed by atoms with Gasteiger partial charge in [0.05, 0.1) is 6.26 Å².